The number of aliphatic hydroxyl groups excluding tert-OH is 1. The monoisotopic (exact) mass is 301 g/mol. The van der Waals surface area contributed by atoms with Crippen molar-refractivity contribution in [1.29, 1.82) is 0 Å². The van der Waals surface area contributed by atoms with Crippen LogP contribution >= 0.6 is 11.6 Å². The second kappa shape index (κ2) is 5.78. The Kier molecular flexibility index (Phi) is 3.84. The summed E-state index contributed by atoms with van der Waals surface area (Å²) in [7, 11) is 1.65. The van der Waals surface area contributed by atoms with Crippen LogP contribution in [-0.4, -0.2) is 17.2 Å². The summed E-state index contributed by atoms with van der Waals surface area (Å²) in [6, 6.07) is 7.61. The van der Waals surface area contributed by atoms with Crippen LogP contribution in [0.4, 0.5) is 0 Å². The van der Waals surface area contributed by atoms with Crippen molar-refractivity contribution >= 4 is 22.9 Å². The predicted octanol–water partition coefficient (Wildman–Crippen LogP) is 4.51. The number of rotatable bonds is 2. The minimum absolute atomic E-state index is 0.304. The van der Waals surface area contributed by atoms with E-state index in [0.29, 0.717) is 10.8 Å². The fraction of sp³-hybridized carbons (Fsp3) is 0.235. The number of halogens is 1. The van der Waals surface area contributed by atoms with Gasteiger partial charge in [0.15, 0.2) is 0 Å². The molecule has 1 aliphatic rings. The Morgan fingerprint density at radius 1 is 1.19 bits per heavy atom. The second-order valence-corrected chi connectivity index (χ2v) is 5.47. The van der Waals surface area contributed by atoms with Gasteiger partial charge in [-0.3, -0.25) is 4.98 Å². The van der Waals surface area contributed by atoms with E-state index in [1.807, 2.05) is 24.3 Å². The fourth-order valence-electron chi connectivity index (χ4n) is 2.75. The fourth-order valence-corrected chi connectivity index (χ4v) is 2.99. The van der Waals surface area contributed by atoms with Gasteiger partial charge in [0.1, 0.15) is 11.5 Å². The topological polar surface area (TPSA) is 42.4 Å². The van der Waals surface area contributed by atoms with Gasteiger partial charge in [-0.15, -0.1) is 0 Å². The van der Waals surface area contributed by atoms with Crippen molar-refractivity contribution in [2.24, 2.45) is 0 Å². The Labute approximate surface area is 128 Å². The van der Waals surface area contributed by atoms with E-state index in [1.165, 1.54) is 0 Å². The Balaban J connectivity index is 2.15. The molecule has 0 unspecified atom stereocenters. The van der Waals surface area contributed by atoms with Crippen LogP contribution in [0.1, 0.15) is 29.5 Å². The van der Waals surface area contributed by atoms with E-state index < -0.39 is 0 Å². The maximum Gasteiger partial charge on any atom is 0.126 e. The zero-order chi connectivity index (χ0) is 14.8. The van der Waals surface area contributed by atoms with Gasteiger partial charge in [-0.2, -0.15) is 0 Å². The number of benzene rings is 1. The van der Waals surface area contributed by atoms with Crippen LogP contribution in [-0.2, 0) is 6.42 Å². The summed E-state index contributed by atoms with van der Waals surface area (Å²) in [6.07, 6.45) is 5.95. The molecule has 2 aromatic rings. The summed E-state index contributed by atoms with van der Waals surface area (Å²) in [6.45, 7) is 0. The first kappa shape index (κ1) is 14.0. The standard InChI is InChI=1S/C17H16ClNO2/c1-21-12-5-6-13-11(9-12)3-2-4-15(17(13)20)14-7-8-19-10-16(14)18/h5-10,20H,2-4H2,1H3. The Hall–Kier alpha value is -2.00. The van der Waals surface area contributed by atoms with Gasteiger partial charge >= 0.3 is 0 Å². The minimum atomic E-state index is 0.304. The van der Waals surface area contributed by atoms with E-state index in [2.05, 4.69) is 4.98 Å². The van der Waals surface area contributed by atoms with E-state index in [1.54, 1.807) is 19.5 Å². The first-order chi connectivity index (χ1) is 10.2. The summed E-state index contributed by atoms with van der Waals surface area (Å²) in [5, 5.41) is 11.3. The quantitative estimate of drug-likeness (QED) is 0.887. The number of ether oxygens (including phenoxy) is 1. The van der Waals surface area contributed by atoms with E-state index in [4.69, 9.17) is 16.3 Å². The molecule has 0 radical (unpaired) electrons. The molecule has 0 amide bonds. The molecule has 108 valence electrons. The summed E-state index contributed by atoms with van der Waals surface area (Å²) < 4.78 is 5.26. The SMILES string of the molecule is COc1ccc2c(c1)CCCC(c1ccncc1Cl)=C2O. The lowest BCUT2D eigenvalue weighted by Crippen LogP contribution is -1.94. The molecule has 21 heavy (non-hydrogen) atoms. The van der Waals surface area contributed by atoms with Gasteiger partial charge < -0.3 is 9.84 Å². The zero-order valence-electron chi connectivity index (χ0n) is 11.8. The van der Waals surface area contributed by atoms with Crippen LogP contribution < -0.4 is 4.74 Å². The molecule has 0 aliphatic heterocycles. The third kappa shape index (κ3) is 2.61. The van der Waals surface area contributed by atoms with Gasteiger partial charge in [-0.1, -0.05) is 11.6 Å². The molecule has 0 bridgehead atoms. The van der Waals surface area contributed by atoms with Gasteiger partial charge in [0.05, 0.1) is 12.1 Å². The average molecular weight is 302 g/mol. The highest BCUT2D eigenvalue weighted by Gasteiger charge is 2.19. The molecule has 1 aliphatic carbocycles. The number of hydrogen-bond donors (Lipinski definition) is 1. The summed E-state index contributed by atoms with van der Waals surface area (Å²) in [4.78, 5) is 4.00. The van der Waals surface area contributed by atoms with Crippen molar-refractivity contribution in [2.75, 3.05) is 7.11 Å². The smallest absolute Gasteiger partial charge is 0.126 e. The Bertz CT molecular complexity index is 710. The van der Waals surface area contributed by atoms with Crippen molar-refractivity contribution < 1.29 is 9.84 Å². The number of fused-ring (bicyclic) bond motifs is 1. The minimum Gasteiger partial charge on any atom is -0.507 e. The van der Waals surface area contributed by atoms with E-state index in [-0.39, 0.29) is 0 Å². The highest BCUT2D eigenvalue weighted by Crippen LogP contribution is 2.37. The lowest BCUT2D eigenvalue weighted by atomic mass is 9.99. The van der Waals surface area contributed by atoms with E-state index >= 15 is 0 Å². The van der Waals surface area contributed by atoms with Crippen LogP contribution in [0.5, 0.6) is 5.75 Å². The molecule has 1 aromatic carbocycles. The Morgan fingerprint density at radius 3 is 2.81 bits per heavy atom. The highest BCUT2D eigenvalue weighted by molar-refractivity contribution is 6.32. The van der Waals surface area contributed by atoms with Crippen molar-refractivity contribution in [1.82, 2.24) is 4.98 Å². The van der Waals surface area contributed by atoms with Crippen molar-refractivity contribution in [3.8, 4) is 5.75 Å². The van der Waals surface area contributed by atoms with Crippen molar-refractivity contribution in [2.45, 2.75) is 19.3 Å². The second-order valence-electron chi connectivity index (χ2n) is 5.06. The maximum absolute atomic E-state index is 10.7. The maximum atomic E-state index is 10.7. The van der Waals surface area contributed by atoms with Crippen LogP contribution in [0, 0.1) is 0 Å². The number of allylic oxidation sites excluding steroid dienone is 1. The number of aryl methyl sites for hydroxylation is 1. The molecule has 3 rings (SSSR count). The third-order valence-electron chi connectivity index (χ3n) is 3.82. The number of aromatic nitrogens is 1. The van der Waals surface area contributed by atoms with Gasteiger partial charge in [-0.25, -0.2) is 0 Å². The lowest BCUT2D eigenvalue weighted by Gasteiger charge is -2.11. The number of hydrogen-bond acceptors (Lipinski definition) is 3. The van der Waals surface area contributed by atoms with Crippen LogP contribution in [0.3, 0.4) is 0 Å². The predicted molar refractivity (Wildman–Crippen MR) is 84.6 cm³/mol. The molecular formula is C17H16ClNO2. The third-order valence-corrected chi connectivity index (χ3v) is 4.13. The first-order valence-corrected chi connectivity index (χ1v) is 7.28. The summed E-state index contributed by atoms with van der Waals surface area (Å²) in [5.41, 5.74) is 3.70. The normalized spacial score (nSPS) is 14.6. The molecule has 0 spiro atoms. The van der Waals surface area contributed by atoms with E-state index in [9.17, 15) is 5.11 Å². The summed E-state index contributed by atoms with van der Waals surface area (Å²) >= 11 is 6.22. The molecule has 0 atom stereocenters. The molecule has 1 aromatic heterocycles. The van der Waals surface area contributed by atoms with Crippen molar-refractivity contribution in [3.05, 3.63) is 58.4 Å². The molecule has 1 N–H and O–H groups in total. The van der Waals surface area contributed by atoms with Gasteiger partial charge in [0, 0.05) is 29.1 Å². The van der Waals surface area contributed by atoms with Gasteiger partial charge in [-0.05, 0) is 49.1 Å². The van der Waals surface area contributed by atoms with E-state index in [0.717, 1.165) is 47.3 Å². The number of aliphatic hydroxyl groups is 1. The Morgan fingerprint density at radius 2 is 2.05 bits per heavy atom. The molecule has 0 saturated carbocycles. The molecule has 0 fully saturated rings. The number of nitrogens with zero attached hydrogens (tertiary/aromatic N) is 1. The average Bonchev–Trinajstić information content (AvgIpc) is 2.67. The lowest BCUT2D eigenvalue weighted by molar-refractivity contribution is 0.414. The molecular weight excluding hydrogens is 286 g/mol. The zero-order valence-corrected chi connectivity index (χ0v) is 12.5. The molecule has 1 heterocycles. The molecule has 4 heteroatoms. The van der Waals surface area contributed by atoms with Crippen LogP contribution in [0.2, 0.25) is 5.02 Å². The van der Waals surface area contributed by atoms with Crippen LogP contribution in [0.25, 0.3) is 11.3 Å². The molecule has 3 nitrogen and oxygen atoms in total. The van der Waals surface area contributed by atoms with Gasteiger partial charge in [0.25, 0.3) is 0 Å². The number of methoxy groups -OCH3 is 1. The number of pyridine rings is 1. The molecule has 0 saturated heterocycles. The largest absolute Gasteiger partial charge is 0.507 e. The summed E-state index contributed by atoms with van der Waals surface area (Å²) in [5.74, 6) is 1.12. The van der Waals surface area contributed by atoms with Crippen LogP contribution in [0.15, 0.2) is 36.7 Å². The first-order valence-electron chi connectivity index (χ1n) is 6.90. The highest BCUT2D eigenvalue weighted by atomic mass is 35.5. The van der Waals surface area contributed by atoms with Crippen molar-refractivity contribution in [3.63, 3.8) is 0 Å². The van der Waals surface area contributed by atoms with Gasteiger partial charge in [0.2, 0.25) is 0 Å².